The molecule has 18 heavy (non-hydrogen) atoms. The lowest BCUT2D eigenvalue weighted by Crippen LogP contribution is -2.41. The SMILES string of the molecule is CN(C)CCN(CC(=O)O)C(=O)[C@@H]1C[C@H]1C1CC1. The monoisotopic (exact) mass is 254 g/mol. The van der Waals surface area contributed by atoms with Crippen LogP contribution in [0.15, 0.2) is 0 Å². The molecular formula is C13H22N2O3. The van der Waals surface area contributed by atoms with Crippen molar-refractivity contribution in [3.05, 3.63) is 0 Å². The Balaban J connectivity index is 1.86. The van der Waals surface area contributed by atoms with Crippen molar-refractivity contribution in [3.8, 4) is 0 Å². The van der Waals surface area contributed by atoms with E-state index >= 15 is 0 Å². The molecule has 0 saturated heterocycles. The zero-order valence-electron chi connectivity index (χ0n) is 11.1. The predicted molar refractivity (Wildman–Crippen MR) is 67.1 cm³/mol. The van der Waals surface area contributed by atoms with E-state index in [9.17, 15) is 9.59 Å². The van der Waals surface area contributed by atoms with Gasteiger partial charge in [0, 0.05) is 19.0 Å². The van der Waals surface area contributed by atoms with Crippen LogP contribution >= 0.6 is 0 Å². The van der Waals surface area contributed by atoms with Gasteiger partial charge in [-0.3, -0.25) is 9.59 Å². The first-order valence-corrected chi connectivity index (χ1v) is 6.64. The third kappa shape index (κ3) is 3.45. The van der Waals surface area contributed by atoms with Crippen molar-refractivity contribution in [1.29, 1.82) is 0 Å². The maximum Gasteiger partial charge on any atom is 0.323 e. The molecule has 2 rings (SSSR count). The summed E-state index contributed by atoms with van der Waals surface area (Å²) in [6, 6.07) is 0. The molecule has 2 atom stereocenters. The normalized spacial score (nSPS) is 26.2. The summed E-state index contributed by atoms with van der Waals surface area (Å²) < 4.78 is 0. The fourth-order valence-electron chi connectivity index (χ4n) is 2.53. The van der Waals surface area contributed by atoms with Crippen LogP contribution in [0.5, 0.6) is 0 Å². The summed E-state index contributed by atoms with van der Waals surface area (Å²) >= 11 is 0. The molecule has 2 aliphatic rings. The highest BCUT2D eigenvalue weighted by atomic mass is 16.4. The first-order chi connectivity index (χ1) is 8.49. The molecule has 0 radical (unpaired) electrons. The second-order valence-electron chi connectivity index (χ2n) is 5.80. The van der Waals surface area contributed by atoms with Gasteiger partial charge in [-0.1, -0.05) is 0 Å². The van der Waals surface area contributed by atoms with E-state index in [0.29, 0.717) is 19.0 Å². The minimum atomic E-state index is -0.925. The number of rotatable bonds is 7. The molecule has 0 aromatic rings. The van der Waals surface area contributed by atoms with Crippen molar-refractivity contribution in [2.45, 2.75) is 19.3 Å². The Kier molecular flexibility index (Phi) is 3.90. The maximum absolute atomic E-state index is 12.2. The summed E-state index contributed by atoms with van der Waals surface area (Å²) in [6.07, 6.45) is 3.48. The van der Waals surface area contributed by atoms with Crippen LogP contribution in [0.25, 0.3) is 0 Å². The van der Waals surface area contributed by atoms with E-state index in [4.69, 9.17) is 5.11 Å². The molecule has 1 N–H and O–H groups in total. The van der Waals surface area contributed by atoms with E-state index in [2.05, 4.69) is 0 Å². The Hall–Kier alpha value is -1.10. The first-order valence-electron chi connectivity index (χ1n) is 6.64. The number of nitrogens with zero attached hydrogens (tertiary/aromatic N) is 2. The van der Waals surface area contributed by atoms with Crippen LogP contribution < -0.4 is 0 Å². The number of hydrogen-bond acceptors (Lipinski definition) is 3. The van der Waals surface area contributed by atoms with Crippen LogP contribution in [0.2, 0.25) is 0 Å². The van der Waals surface area contributed by atoms with Crippen LogP contribution in [-0.2, 0) is 9.59 Å². The third-order valence-electron chi connectivity index (χ3n) is 3.84. The van der Waals surface area contributed by atoms with Gasteiger partial charge in [-0.05, 0) is 45.2 Å². The minimum Gasteiger partial charge on any atom is -0.480 e. The van der Waals surface area contributed by atoms with Crippen LogP contribution in [-0.4, -0.2) is 60.5 Å². The summed E-state index contributed by atoms with van der Waals surface area (Å²) in [5, 5.41) is 8.88. The molecule has 0 bridgehead atoms. The molecule has 5 heteroatoms. The molecule has 0 aromatic carbocycles. The summed E-state index contributed by atoms with van der Waals surface area (Å²) in [7, 11) is 3.85. The van der Waals surface area contributed by atoms with Crippen molar-refractivity contribution in [2.24, 2.45) is 17.8 Å². The summed E-state index contributed by atoms with van der Waals surface area (Å²) in [4.78, 5) is 26.5. The van der Waals surface area contributed by atoms with E-state index < -0.39 is 5.97 Å². The largest absolute Gasteiger partial charge is 0.480 e. The highest BCUT2D eigenvalue weighted by molar-refractivity contribution is 5.85. The Morgan fingerprint density at radius 2 is 1.89 bits per heavy atom. The Morgan fingerprint density at radius 3 is 2.39 bits per heavy atom. The zero-order chi connectivity index (χ0) is 13.3. The molecule has 2 aliphatic carbocycles. The number of carboxylic acid groups (broad SMARTS) is 1. The van der Waals surface area contributed by atoms with E-state index in [1.165, 1.54) is 17.7 Å². The van der Waals surface area contributed by atoms with Gasteiger partial charge >= 0.3 is 5.97 Å². The molecule has 102 valence electrons. The average Bonchev–Trinajstić information content (AvgIpc) is 3.14. The molecular weight excluding hydrogens is 232 g/mol. The summed E-state index contributed by atoms with van der Waals surface area (Å²) in [5.41, 5.74) is 0. The number of carboxylic acids is 1. The van der Waals surface area contributed by atoms with Gasteiger partial charge in [-0.2, -0.15) is 0 Å². The van der Waals surface area contributed by atoms with Gasteiger partial charge in [0.2, 0.25) is 5.91 Å². The van der Waals surface area contributed by atoms with Crippen molar-refractivity contribution >= 4 is 11.9 Å². The van der Waals surface area contributed by atoms with E-state index in [1.54, 1.807) is 0 Å². The van der Waals surface area contributed by atoms with E-state index in [0.717, 1.165) is 12.3 Å². The lowest BCUT2D eigenvalue weighted by Gasteiger charge is -2.22. The second-order valence-corrected chi connectivity index (χ2v) is 5.80. The van der Waals surface area contributed by atoms with Crippen LogP contribution in [0.3, 0.4) is 0 Å². The van der Waals surface area contributed by atoms with Crippen LogP contribution in [0, 0.1) is 17.8 Å². The van der Waals surface area contributed by atoms with Gasteiger partial charge in [-0.25, -0.2) is 0 Å². The second kappa shape index (κ2) is 5.26. The molecule has 0 aliphatic heterocycles. The molecule has 0 aromatic heterocycles. The average molecular weight is 254 g/mol. The Labute approximate surface area is 108 Å². The molecule has 0 spiro atoms. The fourth-order valence-corrected chi connectivity index (χ4v) is 2.53. The van der Waals surface area contributed by atoms with Gasteiger partial charge in [0.15, 0.2) is 0 Å². The van der Waals surface area contributed by atoms with Gasteiger partial charge in [-0.15, -0.1) is 0 Å². The molecule has 2 saturated carbocycles. The standard InChI is InChI=1S/C13H22N2O3/c1-14(2)5-6-15(8-12(16)17)13(18)11-7-10(11)9-3-4-9/h9-11H,3-8H2,1-2H3,(H,16,17)/t10-,11+/m0/s1. The fraction of sp³-hybridized carbons (Fsp3) is 0.846. The minimum absolute atomic E-state index is 0.0520. The number of aliphatic carboxylic acids is 1. The van der Waals surface area contributed by atoms with Gasteiger partial charge in [0.1, 0.15) is 6.54 Å². The van der Waals surface area contributed by atoms with Gasteiger partial charge in [0.05, 0.1) is 0 Å². The number of carbonyl (C=O) groups excluding carboxylic acids is 1. The molecule has 0 unspecified atom stereocenters. The number of carbonyl (C=O) groups is 2. The number of hydrogen-bond donors (Lipinski definition) is 1. The highest BCUT2D eigenvalue weighted by Gasteiger charge is 2.52. The van der Waals surface area contributed by atoms with Crippen molar-refractivity contribution in [2.75, 3.05) is 33.7 Å². The van der Waals surface area contributed by atoms with E-state index in [-0.39, 0.29) is 18.4 Å². The first kappa shape index (κ1) is 13.3. The summed E-state index contributed by atoms with van der Waals surface area (Å²) in [6.45, 7) is 1.05. The topological polar surface area (TPSA) is 60.9 Å². The van der Waals surface area contributed by atoms with Gasteiger partial charge in [0.25, 0.3) is 0 Å². The molecule has 2 fully saturated rings. The van der Waals surface area contributed by atoms with E-state index in [1.807, 2.05) is 19.0 Å². The molecule has 0 heterocycles. The Bertz CT molecular complexity index is 339. The van der Waals surface area contributed by atoms with Crippen molar-refractivity contribution in [1.82, 2.24) is 9.80 Å². The van der Waals surface area contributed by atoms with Crippen molar-refractivity contribution in [3.63, 3.8) is 0 Å². The third-order valence-corrected chi connectivity index (χ3v) is 3.84. The number of amides is 1. The predicted octanol–water partition coefficient (Wildman–Crippen LogP) is 0.507. The lowest BCUT2D eigenvalue weighted by molar-refractivity contribution is -0.145. The maximum atomic E-state index is 12.2. The molecule has 1 amide bonds. The van der Waals surface area contributed by atoms with Gasteiger partial charge < -0.3 is 14.9 Å². The Morgan fingerprint density at radius 1 is 1.22 bits per heavy atom. The summed E-state index contributed by atoms with van der Waals surface area (Å²) in [5.74, 6) is 0.536. The van der Waals surface area contributed by atoms with Crippen molar-refractivity contribution < 1.29 is 14.7 Å². The smallest absolute Gasteiger partial charge is 0.323 e. The quantitative estimate of drug-likeness (QED) is 0.719. The number of likely N-dealkylation sites (N-methyl/N-ethyl adjacent to an activating group) is 1. The molecule has 5 nitrogen and oxygen atoms in total. The lowest BCUT2D eigenvalue weighted by atomic mass is 10.2. The van der Waals surface area contributed by atoms with Crippen LogP contribution in [0.1, 0.15) is 19.3 Å². The zero-order valence-corrected chi connectivity index (χ0v) is 11.1. The van der Waals surface area contributed by atoms with Crippen LogP contribution in [0.4, 0.5) is 0 Å². The highest BCUT2D eigenvalue weighted by Crippen LogP contribution is 2.54.